The van der Waals surface area contributed by atoms with Gasteiger partial charge in [-0.25, -0.2) is 0 Å². The van der Waals surface area contributed by atoms with Gasteiger partial charge in [0.25, 0.3) is 0 Å². The van der Waals surface area contributed by atoms with Gasteiger partial charge in [0, 0.05) is 32.2 Å². The van der Waals surface area contributed by atoms with Crippen molar-refractivity contribution in [3.63, 3.8) is 0 Å². The van der Waals surface area contributed by atoms with E-state index in [4.69, 9.17) is 0 Å². The molecule has 0 bridgehead atoms. The van der Waals surface area contributed by atoms with Gasteiger partial charge in [0.1, 0.15) is 0 Å². The van der Waals surface area contributed by atoms with Gasteiger partial charge in [-0.1, -0.05) is 30.3 Å². The molecule has 1 aliphatic rings. The lowest BCUT2D eigenvalue weighted by Gasteiger charge is -2.36. The number of hydrogen-bond acceptors (Lipinski definition) is 3. The third-order valence-electron chi connectivity index (χ3n) is 3.59. The Morgan fingerprint density at radius 3 is 2.78 bits per heavy atom. The predicted molar refractivity (Wildman–Crippen MR) is 76.8 cm³/mol. The summed E-state index contributed by atoms with van der Waals surface area (Å²) >= 11 is 0. The van der Waals surface area contributed by atoms with Crippen molar-refractivity contribution in [2.45, 2.75) is 12.5 Å². The maximum absolute atomic E-state index is 3.51. The SMILES string of the molecule is CN(C)CCCN1CCNCC1c1ccccc1. The minimum Gasteiger partial charge on any atom is -0.314 e. The van der Waals surface area contributed by atoms with E-state index in [2.05, 4.69) is 59.5 Å². The molecule has 1 fully saturated rings. The molecular formula is C15H25N3. The third-order valence-corrected chi connectivity index (χ3v) is 3.59. The van der Waals surface area contributed by atoms with Crippen LogP contribution in [0.5, 0.6) is 0 Å². The molecule has 1 atom stereocenters. The standard InChI is InChI=1S/C15H25N3/c1-17(2)10-6-11-18-12-9-16-13-15(18)14-7-4-3-5-8-14/h3-5,7-8,15-16H,6,9-13H2,1-2H3. The molecule has 1 heterocycles. The van der Waals surface area contributed by atoms with Crippen LogP contribution < -0.4 is 5.32 Å². The Balaban J connectivity index is 1.94. The van der Waals surface area contributed by atoms with Crippen molar-refractivity contribution in [3.8, 4) is 0 Å². The lowest BCUT2D eigenvalue weighted by atomic mass is 10.0. The second-order valence-electron chi connectivity index (χ2n) is 5.32. The van der Waals surface area contributed by atoms with Crippen LogP contribution in [0.2, 0.25) is 0 Å². The van der Waals surface area contributed by atoms with Crippen molar-refractivity contribution in [1.29, 1.82) is 0 Å². The molecule has 3 nitrogen and oxygen atoms in total. The van der Waals surface area contributed by atoms with Crippen LogP contribution in [0.3, 0.4) is 0 Å². The highest BCUT2D eigenvalue weighted by atomic mass is 15.2. The minimum absolute atomic E-state index is 0.544. The van der Waals surface area contributed by atoms with Crippen LogP contribution in [0.1, 0.15) is 18.0 Å². The number of nitrogens with one attached hydrogen (secondary N) is 1. The number of nitrogens with zero attached hydrogens (tertiary/aromatic N) is 2. The average molecular weight is 247 g/mol. The lowest BCUT2D eigenvalue weighted by molar-refractivity contribution is 0.155. The van der Waals surface area contributed by atoms with E-state index in [9.17, 15) is 0 Å². The van der Waals surface area contributed by atoms with Crippen molar-refractivity contribution in [3.05, 3.63) is 35.9 Å². The van der Waals surface area contributed by atoms with E-state index >= 15 is 0 Å². The van der Waals surface area contributed by atoms with Crippen LogP contribution in [-0.4, -0.2) is 56.6 Å². The van der Waals surface area contributed by atoms with Gasteiger partial charge >= 0.3 is 0 Å². The molecule has 0 spiro atoms. The molecule has 0 radical (unpaired) electrons. The van der Waals surface area contributed by atoms with Gasteiger partial charge in [-0.3, -0.25) is 4.90 Å². The zero-order valence-corrected chi connectivity index (χ0v) is 11.6. The summed E-state index contributed by atoms with van der Waals surface area (Å²) in [6.07, 6.45) is 1.25. The highest BCUT2D eigenvalue weighted by molar-refractivity contribution is 5.20. The summed E-state index contributed by atoms with van der Waals surface area (Å²) in [5, 5.41) is 3.51. The normalized spacial score (nSPS) is 21.4. The molecule has 1 saturated heterocycles. The topological polar surface area (TPSA) is 18.5 Å². The first-order chi connectivity index (χ1) is 8.77. The van der Waals surface area contributed by atoms with E-state index in [-0.39, 0.29) is 0 Å². The molecule has 1 N–H and O–H groups in total. The lowest BCUT2D eigenvalue weighted by Crippen LogP contribution is -2.46. The van der Waals surface area contributed by atoms with Crippen LogP contribution in [0.4, 0.5) is 0 Å². The van der Waals surface area contributed by atoms with Crippen molar-refractivity contribution in [1.82, 2.24) is 15.1 Å². The first kappa shape index (κ1) is 13.5. The van der Waals surface area contributed by atoms with Gasteiger partial charge < -0.3 is 10.2 Å². The van der Waals surface area contributed by atoms with Crippen molar-refractivity contribution in [2.24, 2.45) is 0 Å². The summed E-state index contributed by atoms with van der Waals surface area (Å²) in [6.45, 7) is 5.72. The molecule has 1 aromatic rings. The fraction of sp³-hybridized carbons (Fsp3) is 0.600. The number of piperazine rings is 1. The predicted octanol–water partition coefficient (Wildman–Crippen LogP) is 1.58. The Morgan fingerprint density at radius 2 is 2.06 bits per heavy atom. The summed E-state index contributed by atoms with van der Waals surface area (Å²) in [6, 6.07) is 11.4. The summed E-state index contributed by atoms with van der Waals surface area (Å²) in [5.41, 5.74) is 1.44. The first-order valence-electron chi connectivity index (χ1n) is 6.92. The number of hydrogen-bond donors (Lipinski definition) is 1. The summed E-state index contributed by atoms with van der Waals surface area (Å²) < 4.78 is 0. The minimum atomic E-state index is 0.544. The number of rotatable bonds is 5. The molecule has 18 heavy (non-hydrogen) atoms. The van der Waals surface area contributed by atoms with E-state index in [1.807, 2.05) is 0 Å². The van der Waals surface area contributed by atoms with E-state index in [1.54, 1.807) is 0 Å². The van der Waals surface area contributed by atoms with Crippen LogP contribution in [0, 0.1) is 0 Å². The second kappa shape index (κ2) is 6.88. The summed E-state index contributed by atoms with van der Waals surface area (Å²) in [7, 11) is 4.29. The Labute approximate surface area is 111 Å². The van der Waals surface area contributed by atoms with Crippen molar-refractivity contribution in [2.75, 3.05) is 46.8 Å². The Bertz CT molecular complexity index is 337. The summed E-state index contributed by atoms with van der Waals surface area (Å²) in [4.78, 5) is 4.88. The van der Waals surface area contributed by atoms with Crippen LogP contribution in [-0.2, 0) is 0 Å². The quantitative estimate of drug-likeness (QED) is 0.852. The van der Waals surface area contributed by atoms with Gasteiger partial charge in [0.15, 0.2) is 0 Å². The Kier molecular flexibility index (Phi) is 5.17. The van der Waals surface area contributed by atoms with Gasteiger partial charge in [-0.2, -0.15) is 0 Å². The van der Waals surface area contributed by atoms with Crippen LogP contribution >= 0.6 is 0 Å². The van der Waals surface area contributed by atoms with Crippen molar-refractivity contribution >= 4 is 0 Å². The molecule has 2 rings (SSSR count). The molecular weight excluding hydrogens is 222 g/mol. The molecule has 1 unspecified atom stereocenters. The maximum Gasteiger partial charge on any atom is 0.0473 e. The van der Waals surface area contributed by atoms with Gasteiger partial charge in [0.2, 0.25) is 0 Å². The van der Waals surface area contributed by atoms with Gasteiger partial charge in [-0.15, -0.1) is 0 Å². The monoisotopic (exact) mass is 247 g/mol. The van der Waals surface area contributed by atoms with E-state index < -0.39 is 0 Å². The second-order valence-corrected chi connectivity index (χ2v) is 5.32. The fourth-order valence-electron chi connectivity index (χ4n) is 2.61. The fourth-order valence-corrected chi connectivity index (χ4v) is 2.61. The maximum atomic E-state index is 3.51. The number of benzene rings is 1. The van der Waals surface area contributed by atoms with E-state index in [1.165, 1.54) is 25.1 Å². The molecule has 3 heteroatoms. The molecule has 0 saturated carbocycles. The highest BCUT2D eigenvalue weighted by Gasteiger charge is 2.22. The molecule has 0 aromatic heterocycles. The van der Waals surface area contributed by atoms with Crippen molar-refractivity contribution < 1.29 is 0 Å². The molecule has 1 aromatic carbocycles. The smallest absolute Gasteiger partial charge is 0.0473 e. The first-order valence-corrected chi connectivity index (χ1v) is 6.92. The molecule has 100 valence electrons. The van der Waals surface area contributed by atoms with Crippen LogP contribution in [0.25, 0.3) is 0 Å². The zero-order chi connectivity index (χ0) is 12.8. The van der Waals surface area contributed by atoms with Gasteiger partial charge in [0.05, 0.1) is 0 Å². The largest absolute Gasteiger partial charge is 0.314 e. The zero-order valence-electron chi connectivity index (χ0n) is 11.6. The average Bonchev–Trinajstić information content (AvgIpc) is 2.40. The highest BCUT2D eigenvalue weighted by Crippen LogP contribution is 2.21. The van der Waals surface area contributed by atoms with Gasteiger partial charge in [-0.05, 0) is 32.6 Å². The summed E-state index contributed by atoms with van der Waals surface area (Å²) in [5.74, 6) is 0. The van der Waals surface area contributed by atoms with Crippen LogP contribution in [0.15, 0.2) is 30.3 Å². The van der Waals surface area contributed by atoms with E-state index in [0.717, 1.165) is 19.6 Å². The molecule has 0 aliphatic carbocycles. The molecule has 0 amide bonds. The Hall–Kier alpha value is -0.900. The van der Waals surface area contributed by atoms with E-state index in [0.29, 0.717) is 6.04 Å². The molecule has 1 aliphatic heterocycles. The Morgan fingerprint density at radius 1 is 1.28 bits per heavy atom. The third kappa shape index (κ3) is 3.80.